The molecule has 8 nitrogen and oxygen atoms in total. The van der Waals surface area contributed by atoms with Crippen molar-refractivity contribution in [2.24, 2.45) is 0 Å². The quantitative estimate of drug-likeness (QED) is 0.513. The van der Waals surface area contributed by atoms with Crippen LogP contribution in [0.4, 0.5) is 17.3 Å². The molecule has 0 aliphatic heterocycles. The number of carbonyl (C=O) groups is 1. The topological polar surface area (TPSA) is 140 Å². The number of carbonyl (C=O) groups excluding carboxylic acids is 1. The number of anilines is 3. The summed E-state index contributed by atoms with van der Waals surface area (Å²) in [6, 6.07) is 11.4. The molecule has 0 spiro atoms. The second kappa shape index (κ2) is 7.52. The molecule has 2 heterocycles. The van der Waals surface area contributed by atoms with Crippen molar-refractivity contribution in [3.8, 4) is 5.75 Å². The molecule has 27 heavy (non-hydrogen) atoms. The highest BCUT2D eigenvalue weighted by molar-refractivity contribution is 6.16. The van der Waals surface area contributed by atoms with Gasteiger partial charge in [-0.2, -0.15) is 0 Å². The third-order valence-electron chi connectivity index (χ3n) is 3.91. The van der Waals surface area contributed by atoms with Crippen LogP contribution in [0.15, 0.2) is 54.9 Å². The first-order valence-corrected chi connectivity index (χ1v) is 8.00. The highest BCUT2D eigenvalue weighted by Crippen LogP contribution is 2.21. The lowest BCUT2D eigenvalue weighted by Gasteiger charge is -2.10. The van der Waals surface area contributed by atoms with Crippen molar-refractivity contribution in [3.05, 3.63) is 71.5 Å². The summed E-state index contributed by atoms with van der Waals surface area (Å²) in [4.78, 5) is 20.4. The van der Waals surface area contributed by atoms with Gasteiger partial charge in [-0.1, -0.05) is 12.1 Å². The van der Waals surface area contributed by atoms with Gasteiger partial charge in [0.2, 0.25) is 0 Å². The zero-order valence-corrected chi connectivity index (χ0v) is 14.6. The van der Waals surface area contributed by atoms with Crippen LogP contribution in [0, 0.1) is 5.41 Å². The van der Waals surface area contributed by atoms with E-state index in [4.69, 9.17) is 21.6 Å². The van der Waals surface area contributed by atoms with Crippen molar-refractivity contribution < 1.29 is 9.53 Å². The monoisotopic (exact) mass is 362 g/mol. The van der Waals surface area contributed by atoms with E-state index in [9.17, 15) is 4.79 Å². The molecule has 0 aliphatic rings. The third-order valence-corrected chi connectivity index (χ3v) is 3.91. The second-order valence-corrected chi connectivity index (χ2v) is 5.65. The maximum absolute atomic E-state index is 12.4. The number of pyridine rings is 2. The molecule has 0 aliphatic carbocycles. The molecule has 3 aromatic rings. The average molecular weight is 362 g/mol. The molecular formula is C19H18N6O2. The van der Waals surface area contributed by atoms with Crippen LogP contribution in [0.3, 0.4) is 0 Å². The Balaban J connectivity index is 1.78. The molecule has 1 aromatic carbocycles. The molecule has 8 heteroatoms. The number of nitrogens with two attached hydrogens (primary N) is 2. The van der Waals surface area contributed by atoms with E-state index in [1.807, 2.05) is 0 Å². The lowest BCUT2D eigenvalue weighted by Crippen LogP contribution is -2.14. The summed E-state index contributed by atoms with van der Waals surface area (Å²) >= 11 is 0. The Morgan fingerprint density at radius 1 is 1.04 bits per heavy atom. The number of hydrogen-bond acceptors (Lipinski definition) is 7. The van der Waals surface area contributed by atoms with Gasteiger partial charge in [0, 0.05) is 35.3 Å². The van der Waals surface area contributed by atoms with Gasteiger partial charge in [-0.15, -0.1) is 0 Å². The first-order valence-electron chi connectivity index (χ1n) is 8.00. The van der Waals surface area contributed by atoms with Crippen molar-refractivity contribution in [2.45, 2.75) is 0 Å². The Hall–Kier alpha value is -3.94. The van der Waals surface area contributed by atoms with Crippen LogP contribution >= 0.6 is 0 Å². The first-order chi connectivity index (χ1) is 13.0. The third kappa shape index (κ3) is 3.84. The van der Waals surface area contributed by atoms with Gasteiger partial charge in [-0.05, 0) is 24.3 Å². The van der Waals surface area contributed by atoms with Gasteiger partial charge in [-0.25, -0.2) is 9.97 Å². The van der Waals surface area contributed by atoms with Gasteiger partial charge in [0.1, 0.15) is 17.4 Å². The normalized spacial score (nSPS) is 10.3. The fourth-order valence-corrected chi connectivity index (χ4v) is 2.49. The number of hydrogen-bond donors (Lipinski definition) is 4. The van der Waals surface area contributed by atoms with Crippen molar-refractivity contribution in [1.29, 1.82) is 5.41 Å². The zero-order valence-electron chi connectivity index (χ0n) is 14.6. The van der Waals surface area contributed by atoms with Crippen LogP contribution < -0.4 is 21.5 Å². The van der Waals surface area contributed by atoms with E-state index in [0.717, 1.165) is 0 Å². The lowest BCUT2D eigenvalue weighted by atomic mass is 10.0. The molecule has 0 bridgehead atoms. The summed E-state index contributed by atoms with van der Waals surface area (Å²) in [5.74, 6) is 0.836. The summed E-state index contributed by atoms with van der Waals surface area (Å²) in [6.45, 7) is 0. The molecule has 0 unspecified atom stereocenters. The molecule has 2 aromatic heterocycles. The lowest BCUT2D eigenvalue weighted by molar-refractivity contribution is 0.102. The highest BCUT2D eigenvalue weighted by atomic mass is 16.5. The molecule has 6 N–H and O–H groups in total. The number of amides is 1. The van der Waals surface area contributed by atoms with Gasteiger partial charge in [0.25, 0.3) is 5.91 Å². The Kier molecular flexibility index (Phi) is 4.98. The Morgan fingerprint density at radius 3 is 2.37 bits per heavy atom. The van der Waals surface area contributed by atoms with E-state index in [0.29, 0.717) is 33.9 Å². The number of rotatable bonds is 5. The van der Waals surface area contributed by atoms with E-state index >= 15 is 0 Å². The predicted octanol–water partition coefficient (Wildman–Crippen LogP) is 2.32. The molecule has 0 saturated carbocycles. The Bertz CT molecular complexity index is 981. The fraction of sp³-hybridized carbons (Fsp3) is 0.0526. The van der Waals surface area contributed by atoms with Crippen LogP contribution in [-0.4, -0.2) is 28.7 Å². The minimum absolute atomic E-state index is 0.138. The van der Waals surface area contributed by atoms with Crippen LogP contribution in [-0.2, 0) is 0 Å². The van der Waals surface area contributed by atoms with E-state index in [-0.39, 0.29) is 17.4 Å². The largest absolute Gasteiger partial charge is 0.497 e. The minimum Gasteiger partial charge on any atom is -0.497 e. The number of nitrogen functional groups attached to an aromatic ring is 2. The molecule has 136 valence electrons. The smallest absolute Gasteiger partial charge is 0.256 e. The second-order valence-electron chi connectivity index (χ2n) is 5.65. The Morgan fingerprint density at radius 2 is 1.70 bits per heavy atom. The van der Waals surface area contributed by atoms with E-state index in [1.54, 1.807) is 48.7 Å². The van der Waals surface area contributed by atoms with Gasteiger partial charge in [-0.3, -0.25) is 10.2 Å². The van der Waals surface area contributed by atoms with Crippen molar-refractivity contribution in [3.63, 3.8) is 0 Å². The fourth-order valence-electron chi connectivity index (χ4n) is 2.49. The number of benzene rings is 1. The Labute approximate surface area is 155 Å². The van der Waals surface area contributed by atoms with Crippen LogP contribution in [0.2, 0.25) is 0 Å². The summed E-state index contributed by atoms with van der Waals surface area (Å²) in [6.07, 6.45) is 3.03. The summed E-state index contributed by atoms with van der Waals surface area (Å²) < 4.78 is 5.11. The molecule has 1 amide bonds. The summed E-state index contributed by atoms with van der Waals surface area (Å²) in [7, 11) is 1.54. The van der Waals surface area contributed by atoms with Gasteiger partial charge in [0.15, 0.2) is 0 Å². The molecule has 0 saturated heterocycles. The first kappa shape index (κ1) is 17.9. The predicted molar refractivity (Wildman–Crippen MR) is 104 cm³/mol. The maximum atomic E-state index is 12.4. The average Bonchev–Trinajstić information content (AvgIpc) is 2.68. The molecule has 0 atom stereocenters. The van der Waals surface area contributed by atoms with Crippen LogP contribution in [0.25, 0.3) is 0 Å². The minimum atomic E-state index is -0.325. The van der Waals surface area contributed by atoms with E-state index in [2.05, 4.69) is 15.3 Å². The molecule has 0 radical (unpaired) electrons. The number of ether oxygens (including phenoxy) is 1. The van der Waals surface area contributed by atoms with Crippen molar-refractivity contribution >= 4 is 28.9 Å². The molecule has 0 fully saturated rings. The number of nitrogens with zero attached hydrogens (tertiary/aromatic N) is 2. The van der Waals surface area contributed by atoms with Crippen molar-refractivity contribution in [2.75, 3.05) is 23.9 Å². The summed E-state index contributed by atoms with van der Waals surface area (Å²) in [5, 5.41) is 11.0. The van der Waals surface area contributed by atoms with Gasteiger partial charge < -0.3 is 21.5 Å². The van der Waals surface area contributed by atoms with Crippen molar-refractivity contribution in [1.82, 2.24) is 9.97 Å². The molecule has 3 rings (SSSR count). The van der Waals surface area contributed by atoms with Gasteiger partial charge in [0.05, 0.1) is 18.4 Å². The number of aromatic nitrogens is 2. The highest BCUT2D eigenvalue weighted by Gasteiger charge is 2.14. The van der Waals surface area contributed by atoms with Crippen LogP contribution in [0.5, 0.6) is 5.75 Å². The standard InChI is InChI=1S/C19H18N6O2/c1-27-13-6-8-23-15(10-13)25-19(26)12-4-2-11(3-5-12)17(21)16-14(20)7-9-24-18(16)22/h2-10,21H,1H3,(H4,20,22,24)(H,23,25,26). The van der Waals surface area contributed by atoms with E-state index in [1.165, 1.54) is 13.3 Å². The SMILES string of the molecule is COc1ccnc(NC(=O)c2ccc(C(=N)c3c(N)ccnc3N)cc2)c1. The van der Waals surface area contributed by atoms with Gasteiger partial charge >= 0.3 is 0 Å². The maximum Gasteiger partial charge on any atom is 0.256 e. The summed E-state index contributed by atoms with van der Waals surface area (Å²) in [5.41, 5.74) is 13.6. The number of methoxy groups -OCH3 is 1. The zero-order chi connectivity index (χ0) is 19.4. The van der Waals surface area contributed by atoms with Crippen LogP contribution in [0.1, 0.15) is 21.5 Å². The van der Waals surface area contributed by atoms with E-state index < -0.39 is 0 Å². The molecular weight excluding hydrogens is 344 g/mol. The number of nitrogens with one attached hydrogen (secondary N) is 2.